The zero-order chi connectivity index (χ0) is 14.2. The molecule has 0 amide bonds. The zero-order valence-electron chi connectivity index (χ0n) is 12.1. The molecule has 6 heteroatoms. The van der Waals surface area contributed by atoms with E-state index < -0.39 is 0 Å². The molecule has 21 heavy (non-hydrogen) atoms. The quantitative estimate of drug-likeness (QED) is 0.926. The number of aromatic nitrogens is 2. The van der Waals surface area contributed by atoms with Crippen molar-refractivity contribution in [3.63, 3.8) is 0 Å². The first kappa shape index (κ1) is 12.6. The molecule has 0 unspecified atom stereocenters. The number of para-hydroxylation sites is 2. The van der Waals surface area contributed by atoms with Gasteiger partial charge >= 0.3 is 6.01 Å². The Morgan fingerprint density at radius 1 is 1.19 bits per heavy atom. The number of hydrogen-bond donors (Lipinski definition) is 1. The van der Waals surface area contributed by atoms with Crippen molar-refractivity contribution >= 4 is 17.4 Å². The highest BCUT2D eigenvalue weighted by Crippen LogP contribution is 2.36. The van der Waals surface area contributed by atoms with Crippen molar-refractivity contribution < 1.29 is 4.42 Å². The van der Waals surface area contributed by atoms with Crippen LogP contribution in [0.1, 0.15) is 18.7 Å². The number of benzene rings is 1. The maximum Gasteiger partial charge on any atom is 0.322 e. The van der Waals surface area contributed by atoms with Gasteiger partial charge in [-0.2, -0.15) is 0 Å². The molecule has 2 aliphatic rings. The van der Waals surface area contributed by atoms with Crippen LogP contribution in [0.4, 0.5) is 17.4 Å². The average Bonchev–Trinajstić information content (AvgIpc) is 3.23. The summed E-state index contributed by atoms with van der Waals surface area (Å²) in [5.41, 5.74) is 2.32. The van der Waals surface area contributed by atoms with Gasteiger partial charge in [-0.3, -0.25) is 4.90 Å². The number of nitrogens with zero attached hydrogens (tertiary/aromatic N) is 4. The van der Waals surface area contributed by atoms with Crippen molar-refractivity contribution in [1.29, 1.82) is 0 Å². The molecule has 110 valence electrons. The van der Waals surface area contributed by atoms with Crippen molar-refractivity contribution in [2.24, 2.45) is 0 Å². The van der Waals surface area contributed by atoms with E-state index in [0.717, 1.165) is 18.8 Å². The summed E-state index contributed by atoms with van der Waals surface area (Å²) in [6.45, 7) is 2.45. The number of nitrogens with one attached hydrogen (secondary N) is 1. The molecule has 4 rings (SSSR count). The summed E-state index contributed by atoms with van der Waals surface area (Å²) in [6, 6.07) is 9.53. The van der Waals surface area contributed by atoms with Crippen LogP contribution in [0.2, 0.25) is 0 Å². The fourth-order valence-electron chi connectivity index (χ4n) is 2.65. The third kappa shape index (κ3) is 2.47. The molecule has 0 saturated heterocycles. The van der Waals surface area contributed by atoms with Gasteiger partial charge in [-0.25, -0.2) is 0 Å². The average molecular weight is 285 g/mol. The van der Waals surface area contributed by atoms with Gasteiger partial charge in [0, 0.05) is 26.2 Å². The third-order valence-corrected chi connectivity index (χ3v) is 4.05. The van der Waals surface area contributed by atoms with Gasteiger partial charge in [0.25, 0.3) is 0 Å². The molecule has 6 nitrogen and oxygen atoms in total. The standard InChI is InChI=1S/C15H19N5O/c1-19-8-9-20(13-5-3-2-4-12(13)19)15-18-17-14(21-15)10-16-11-6-7-11/h2-5,11,16H,6-10H2,1H3. The number of likely N-dealkylation sites (N-methyl/N-ethyl adjacent to an activating group) is 1. The van der Waals surface area contributed by atoms with Crippen molar-refractivity contribution in [2.75, 3.05) is 29.9 Å². The molecular weight excluding hydrogens is 266 g/mol. The van der Waals surface area contributed by atoms with E-state index in [1.165, 1.54) is 18.5 Å². The number of rotatable bonds is 4. The Hall–Kier alpha value is -2.08. The van der Waals surface area contributed by atoms with Crippen molar-refractivity contribution in [1.82, 2.24) is 15.5 Å². The number of fused-ring (bicyclic) bond motifs is 1. The summed E-state index contributed by atoms with van der Waals surface area (Å²) in [5, 5.41) is 11.8. The summed E-state index contributed by atoms with van der Waals surface area (Å²) in [4.78, 5) is 4.35. The van der Waals surface area contributed by atoms with E-state index in [2.05, 4.69) is 50.6 Å². The van der Waals surface area contributed by atoms with Gasteiger partial charge in [0.15, 0.2) is 0 Å². The van der Waals surface area contributed by atoms with Gasteiger partial charge < -0.3 is 14.6 Å². The predicted octanol–water partition coefficient (Wildman–Crippen LogP) is 1.91. The highest BCUT2D eigenvalue weighted by molar-refractivity contribution is 5.76. The van der Waals surface area contributed by atoms with Gasteiger partial charge in [0.05, 0.1) is 17.9 Å². The van der Waals surface area contributed by atoms with Gasteiger partial charge in [-0.1, -0.05) is 17.2 Å². The van der Waals surface area contributed by atoms with Crippen molar-refractivity contribution in [3.8, 4) is 0 Å². The van der Waals surface area contributed by atoms with Crippen LogP contribution in [0.3, 0.4) is 0 Å². The molecule has 1 fully saturated rings. The molecule has 1 N–H and O–H groups in total. The van der Waals surface area contributed by atoms with Gasteiger partial charge in [-0.15, -0.1) is 5.10 Å². The Kier molecular flexibility index (Phi) is 3.03. The molecule has 1 aliphatic carbocycles. The van der Waals surface area contributed by atoms with Crippen LogP contribution in [0.15, 0.2) is 28.7 Å². The first-order valence-corrected chi connectivity index (χ1v) is 7.45. The Bertz CT molecular complexity index is 636. The minimum atomic E-state index is 0.586. The molecule has 1 saturated carbocycles. The van der Waals surface area contributed by atoms with Gasteiger partial charge in [-0.05, 0) is 25.0 Å². The van der Waals surface area contributed by atoms with E-state index in [1.807, 2.05) is 6.07 Å². The van der Waals surface area contributed by atoms with Crippen LogP contribution >= 0.6 is 0 Å². The maximum atomic E-state index is 5.82. The molecule has 1 aromatic carbocycles. The first-order chi connectivity index (χ1) is 10.3. The third-order valence-electron chi connectivity index (χ3n) is 4.05. The summed E-state index contributed by atoms with van der Waals surface area (Å²) in [6.07, 6.45) is 2.51. The van der Waals surface area contributed by atoms with Crippen LogP contribution in [-0.2, 0) is 6.54 Å². The highest BCUT2D eigenvalue weighted by atomic mass is 16.4. The molecule has 0 radical (unpaired) electrons. The molecule has 1 aromatic heterocycles. The lowest BCUT2D eigenvalue weighted by Gasteiger charge is -2.34. The van der Waals surface area contributed by atoms with E-state index in [0.29, 0.717) is 24.5 Å². The van der Waals surface area contributed by atoms with E-state index in [4.69, 9.17) is 4.42 Å². The van der Waals surface area contributed by atoms with Crippen LogP contribution in [-0.4, -0.2) is 36.4 Å². The molecular formula is C15H19N5O. The lowest BCUT2D eigenvalue weighted by Crippen LogP contribution is -2.36. The van der Waals surface area contributed by atoms with E-state index in [-0.39, 0.29) is 0 Å². The first-order valence-electron chi connectivity index (χ1n) is 7.45. The normalized spacial score (nSPS) is 18.0. The Morgan fingerprint density at radius 2 is 2.00 bits per heavy atom. The predicted molar refractivity (Wildman–Crippen MR) is 80.9 cm³/mol. The van der Waals surface area contributed by atoms with Crippen LogP contribution < -0.4 is 15.1 Å². The Labute approximate surface area is 123 Å². The largest absolute Gasteiger partial charge is 0.406 e. The second kappa shape index (κ2) is 5.04. The summed E-state index contributed by atoms with van der Waals surface area (Å²) < 4.78 is 5.82. The lowest BCUT2D eigenvalue weighted by molar-refractivity contribution is 0.467. The maximum absolute atomic E-state index is 5.82. The monoisotopic (exact) mass is 285 g/mol. The SMILES string of the molecule is CN1CCN(c2nnc(CNC3CC3)o2)c2ccccc21. The smallest absolute Gasteiger partial charge is 0.322 e. The topological polar surface area (TPSA) is 57.4 Å². The van der Waals surface area contributed by atoms with E-state index in [9.17, 15) is 0 Å². The van der Waals surface area contributed by atoms with E-state index in [1.54, 1.807) is 0 Å². The zero-order valence-corrected chi connectivity index (χ0v) is 12.1. The molecule has 1 aliphatic heterocycles. The van der Waals surface area contributed by atoms with Gasteiger partial charge in [0.1, 0.15) is 0 Å². The highest BCUT2D eigenvalue weighted by Gasteiger charge is 2.25. The van der Waals surface area contributed by atoms with Crippen LogP contribution in [0, 0.1) is 0 Å². The van der Waals surface area contributed by atoms with Gasteiger partial charge in [0.2, 0.25) is 5.89 Å². The summed E-state index contributed by atoms with van der Waals surface area (Å²) in [5.74, 6) is 0.660. The number of anilines is 3. The Morgan fingerprint density at radius 3 is 2.81 bits per heavy atom. The van der Waals surface area contributed by atoms with Crippen LogP contribution in [0.25, 0.3) is 0 Å². The van der Waals surface area contributed by atoms with Crippen molar-refractivity contribution in [2.45, 2.75) is 25.4 Å². The Balaban J connectivity index is 1.57. The fraction of sp³-hybridized carbons (Fsp3) is 0.467. The number of hydrogen-bond acceptors (Lipinski definition) is 6. The van der Waals surface area contributed by atoms with Crippen LogP contribution in [0.5, 0.6) is 0 Å². The lowest BCUT2D eigenvalue weighted by atomic mass is 10.2. The fourth-order valence-corrected chi connectivity index (χ4v) is 2.65. The molecule has 2 aromatic rings. The molecule has 0 bridgehead atoms. The molecule has 0 spiro atoms. The molecule has 0 atom stereocenters. The van der Waals surface area contributed by atoms with E-state index >= 15 is 0 Å². The second-order valence-electron chi connectivity index (χ2n) is 5.70. The molecule has 2 heterocycles. The minimum absolute atomic E-state index is 0.586. The second-order valence-corrected chi connectivity index (χ2v) is 5.70. The summed E-state index contributed by atoms with van der Waals surface area (Å²) >= 11 is 0. The minimum Gasteiger partial charge on any atom is -0.406 e. The summed E-state index contributed by atoms with van der Waals surface area (Å²) in [7, 11) is 2.11. The van der Waals surface area contributed by atoms with Crippen molar-refractivity contribution in [3.05, 3.63) is 30.2 Å².